The highest BCUT2D eigenvalue weighted by Gasteiger charge is 2.10. The number of hydrogen-bond donors (Lipinski definition) is 0. The SMILES string of the molecule is CCCCCCCCc1ccc(N=Nc2ccc(OCCCC[N+](C)(C)CC)cc2)cc1.[Br-]. The predicted molar refractivity (Wildman–Crippen MR) is 136 cm³/mol. The number of ether oxygens (including phenoxy) is 1. The van der Waals surface area contributed by atoms with Crippen LogP contribution < -0.4 is 21.7 Å². The summed E-state index contributed by atoms with van der Waals surface area (Å²) in [5.74, 6) is 0.896. The fourth-order valence-electron chi connectivity index (χ4n) is 3.55. The molecule has 184 valence electrons. The second-order valence-electron chi connectivity index (χ2n) is 9.41. The third kappa shape index (κ3) is 12.9. The van der Waals surface area contributed by atoms with Crippen LogP contribution in [-0.4, -0.2) is 38.3 Å². The van der Waals surface area contributed by atoms with Crippen molar-refractivity contribution in [2.75, 3.05) is 33.8 Å². The number of aryl methyl sites for hydroxylation is 1. The molecular formula is C28H44BrN3O. The van der Waals surface area contributed by atoms with Crippen molar-refractivity contribution in [2.24, 2.45) is 10.2 Å². The van der Waals surface area contributed by atoms with Crippen molar-refractivity contribution in [3.05, 3.63) is 54.1 Å². The van der Waals surface area contributed by atoms with Gasteiger partial charge in [-0.3, -0.25) is 0 Å². The number of quaternary nitrogens is 1. The molecule has 33 heavy (non-hydrogen) atoms. The summed E-state index contributed by atoms with van der Waals surface area (Å²) in [6, 6.07) is 16.4. The first-order valence-electron chi connectivity index (χ1n) is 12.6. The molecule has 5 heteroatoms. The molecule has 0 aliphatic rings. The molecule has 0 amide bonds. The van der Waals surface area contributed by atoms with Gasteiger partial charge in [0, 0.05) is 0 Å². The van der Waals surface area contributed by atoms with Gasteiger partial charge in [-0.15, -0.1) is 0 Å². The molecule has 2 rings (SSSR count). The van der Waals surface area contributed by atoms with E-state index in [0.717, 1.165) is 41.1 Å². The van der Waals surface area contributed by atoms with Crippen LogP contribution in [0.3, 0.4) is 0 Å². The van der Waals surface area contributed by atoms with E-state index in [1.54, 1.807) is 0 Å². The van der Waals surface area contributed by atoms with Gasteiger partial charge in [0.05, 0.1) is 45.2 Å². The van der Waals surface area contributed by atoms with Crippen LogP contribution in [-0.2, 0) is 6.42 Å². The van der Waals surface area contributed by atoms with Crippen molar-refractivity contribution in [3.8, 4) is 5.75 Å². The highest BCUT2D eigenvalue weighted by atomic mass is 79.9. The average Bonchev–Trinajstić information content (AvgIpc) is 2.81. The number of unbranched alkanes of at least 4 members (excludes halogenated alkanes) is 6. The molecule has 0 spiro atoms. The first-order chi connectivity index (χ1) is 15.5. The average molecular weight is 519 g/mol. The highest BCUT2D eigenvalue weighted by Crippen LogP contribution is 2.22. The summed E-state index contributed by atoms with van der Waals surface area (Å²) in [5, 5.41) is 8.74. The zero-order valence-corrected chi connectivity index (χ0v) is 22.8. The van der Waals surface area contributed by atoms with Gasteiger partial charge < -0.3 is 26.2 Å². The van der Waals surface area contributed by atoms with Crippen molar-refractivity contribution in [1.29, 1.82) is 0 Å². The van der Waals surface area contributed by atoms with E-state index in [0.29, 0.717) is 0 Å². The number of nitrogens with zero attached hydrogens (tertiary/aromatic N) is 3. The summed E-state index contributed by atoms with van der Waals surface area (Å²) in [6.45, 7) is 7.62. The third-order valence-electron chi connectivity index (χ3n) is 6.16. The first-order valence-corrected chi connectivity index (χ1v) is 12.6. The van der Waals surface area contributed by atoms with Gasteiger partial charge >= 0.3 is 0 Å². The van der Waals surface area contributed by atoms with Crippen LogP contribution in [0.2, 0.25) is 0 Å². The molecule has 0 bridgehead atoms. The maximum atomic E-state index is 5.87. The van der Waals surface area contributed by atoms with Gasteiger partial charge in [0.2, 0.25) is 0 Å². The number of halogens is 1. The molecule has 0 radical (unpaired) electrons. The van der Waals surface area contributed by atoms with Crippen molar-refractivity contribution in [2.45, 2.75) is 71.6 Å². The lowest BCUT2D eigenvalue weighted by Crippen LogP contribution is -3.00. The molecule has 0 fully saturated rings. The normalized spacial score (nSPS) is 11.5. The second-order valence-corrected chi connectivity index (χ2v) is 9.41. The predicted octanol–water partition coefficient (Wildman–Crippen LogP) is 5.26. The summed E-state index contributed by atoms with van der Waals surface area (Å²) in [5.41, 5.74) is 3.12. The van der Waals surface area contributed by atoms with Crippen molar-refractivity contribution >= 4 is 11.4 Å². The minimum atomic E-state index is 0. The van der Waals surface area contributed by atoms with Crippen LogP contribution in [0.15, 0.2) is 58.8 Å². The van der Waals surface area contributed by atoms with Gasteiger partial charge in [-0.05, 0) is 74.6 Å². The van der Waals surface area contributed by atoms with Crippen molar-refractivity contribution in [1.82, 2.24) is 0 Å². The number of hydrogen-bond acceptors (Lipinski definition) is 3. The molecule has 0 atom stereocenters. The van der Waals surface area contributed by atoms with Gasteiger partial charge in [-0.25, -0.2) is 0 Å². The quantitative estimate of drug-likeness (QED) is 0.170. The molecule has 0 aromatic heterocycles. The maximum absolute atomic E-state index is 5.87. The molecule has 2 aromatic rings. The topological polar surface area (TPSA) is 34.0 Å². The number of benzene rings is 2. The molecule has 0 aliphatic heterocycles. The Morgan fingerprint density at radius 1 is 0.697 bits per heavy atom. The summed E-state index contributed by atoms with van der Waals surface area (Å²) in [4.78, 5) is 0. The Labute approximate surface area is 212 Å². The van der Waals surface area contributed by atoms with Crippen molar-refractivity contribution in [3.63, 3.8) is 0 Å². The van der Waals surface area contributed by atoms with Crippen LogP contribution in [0, 0.1) is 0 Å². The summed E-state index contributed by atoms with van der Waals surface area (Å²) in [6.07, 6.45) is 11.4. The van der Waals surface area contributed by atoms with E-state index in [1.165, 1.54) is 63.6 Å². The van der Waals surface area contributed by atoms with Crippen molar-refractivity contribution < 1.29 is 26.2 Å². The fourth-order valence-corrected chi connectivity index (χ4v) is 3.55. The number of azo groups is 1. The molecule has 2 aromatic carbocycles. The van der Waals surface area contributed by atoms with E-state index in [2.05, 4.69) is 62.4 Å². The van der Waals surface area contributed by atoms with Gasteiger partial charge in [-0.2, -0.15) is 10.2 Å². The van der Waals surface area contributed by atoms with E-state index in [-0.39, 0.29) is 17.0 Å². The van der Waals surface area contributed by atoms with Crippen LogP contribution in [0.1, 0.15) is 70.8 Å². The van der Waals surface area contributed by atoms with E-state index in [4.69, 9.17) is 4.74 Å². The first kappa shape index (κ1) is 29.3. The Bertz CT molecular complexity index is 773. The molecular weight excluding hydrogens is 474 g/mol. The third-order valence-corrected chi connectivity index (χ3v) is 6.16. The lowest BCUT2D eigenvalue weighted by Gasteiger charge is -2.28. The molecule has 0 saturated carbocycles. The maximum Gasteiger partial charge on any atom is 0.119 e. The fraction of sp³-hybridized carbons (Fsp3) is 0.571. The van der Waals surface area contributed by atoms with Gasteiger partial charge in [0.15, 0.2) is 0 Å². The Kier molecular flexibility index (Phi) is 14.9. The molecule has 0 aliphatic carbocycles. The minimum absolute atomic E-state index is 0. The van der Waals surface area contributed by atoms with E-state index >= 15 is 0 Å². The largest absolute Gasteiger partial charge is 1.00 e. The van der Waals surface area contributed by atoms with Crippen LogP contribution in [0.5, 0.6) is 5.75 Å². The summed E-state index contributed by atoms with van der Waals surface area (Å²) in [7, 11) is 4.55. The second kappa shape index (κ2) is 16.8. The monoisotopic (exact) mass is 517 g/mol. The van der Waals surface area contributed by atoms with E-state index < -0.39 is 0 Å². The highest BCUT2D eigenvalue weighted by molar-refractivity contribution is 5.43. The summed E-state index contributed by atoms with van der Waals surface area (Å²) < 4.78 is 6.94. The standard InChI is InChI=1S/C28H44N3O.BrH/c1-5-7-8-9-10-11-14-25-15-17-26(18-16-25)29-30-27-19-21-28(22-20-27)32-24-13-12-23-31(3,4)6-2;/h15-22H,5-14,23-24H2,1-4H3;1H/q+1;/p-1. The Hall–Kier alpha value is -1.72. The minimum Gasteiger partial charge on any atom is -1.00 e. The van der Waals surface area contributed by atoms with Crippen LogP contribution >= 0.6 is 0 Å². The lowest BCUT2D eigenvalue weighted by atomic mass is 10.0. The Morgan fingerprint density at radius 2 is 1.27 bits per heavy atom. The zero-order valence-electron chi connectivity index (χ0n) is 21.2. The Morgan fingerprint density at radius 3 is 1.88 bits per heavy atom. The molecule has 0 saturated heterocycles. The molecule has 0 unspecified atom stereocenters. The molecule has 0 heterocycles. The van der Waals surface area contributed by atoms with Gasteiger partial charge in [0.25, 0.3) is 0 Å². The van der Waals surface area contributed by atoms with Gasteiger partial charge in [-0.1, -0.05) is 51.2 Å². The van der Waals surface area contributed by atoms with E-state index in [9.17, 15) is 0 Å². The van der Waals surface area contributed by atoms with Crippen LogP contribution in [0.4, 0.5) is 11.4 Å². The van der Waals surface area contributed by atoms with E-state index in [1.807, 2.05) is 24.3 Å². The van der Waals surface area contributed by atoms with Crippen LogP contribution in [0.25, 0.3) is 0 Å². The van der Waals surface area contributed by atoms with Gasteiger partial charge in [0.1, 0.15) is 5.75 Å². The summed E-state index contributed by atoms with van der Waals surface area (Å²) >= 11 is 0. The Balaban J connectivity index is 0.00000544. The molecule has 4 nitrogen and oxygen atoms in total. The zero-order chi connectivity index (χ0) is 23.1. The number of rotatable bonds is 16. The smallest absolute Gasteiger partial charge is 0.119 e. The molecule has 0 N–H and O–H groups in total. The lowest BCUT2D eigenvalue weighted by molar-refractivity contribution is -0.888.